The zero-order valence-electron chi connectivity index (χ0n) is 11.0. The molecule has 1 nitrogen and oxygen atoms in total. The molecule has 0 aliphatic heterocycles. The van der Waals surface area contributed by atoms with Crippen molar-refractivity contribution in [1.29, 1.82) is 0 Å². The fraction of sp³-hybridized carbons (Fsp3) is 0.625. The lowest BCUT2D eigenvalue weighted by atomic mass is 9.97. The molecule has 1 N–H and O–H groups in total. The first kappa shape index (κ1) is 12.7. The molecule has 1 aromatic carbocycles. The number of benzene rings is 1. The van der Waals surface area contributed by atoms with Crippen LogP contribution in [0.1, 0.15) is 31.7 Å². The predicted molar refractivity (Wildman–Crippen MR) is 79.6 cm³/mol. The van der Waals surface area contributed by atoms with Crippen LogP contribution in [0.5, 0.6) is 0 Å². The van der Waals surface area contributed by atoms with E-state index in [0.717, 1.165) is 24.3 Å². The third kappa shape index (κ3) is 2.50. The molecule has 0 bridgehead atoms. The molecule has 2 heteroatoms. The summed E-state index contributed by atoms with van der Waals surface area (Å²) in [4.78, 5) is 0. The van der Waals surface area contributed by atoms with E-state index in [1.54, 1.807) is 0 Å². The van der Waals surface area contributed by atoms with Gasteiger partial charge >= 0.3 is 0 Å². The SMILES string of the molecule is CCNC(Cc1cccc(Br)c1)C1C2CCCC21. The molecule has 2 saturated carbocycles. The van der Waals surface area contributed by atoms with E-state index in [2.05, 4.69) is 52.4 Å². The Labute approximate surface area is 118 Å². The summed E-state index contributed by atoms with van der Waals surface area (Å²) in [5.74, 6) is 3.04. The standard InChI is InChI=1S/C16H22BrN/c1-2-18-15(16-13-7-4-8-14(13)16)10-11-5-3-6-12(17)9-11/h3,5-6,9,13-16,18H,2,4,7-8,10H2,1H3. The number of hydrogen-bond donors (Lipinski definition) is 1. The summed E-state index contributed by atoms with van der Waals surface area (Å²) in [6.07, 6.45) is 5.62. The minimum Gasteiger partial charge on any atom is -0.314 e. The van der Waals surface area contributed by atoms with Crippen LogP contribution in [-0.4, -0.2) is 12.6 Å². The fourth-order valence-corrected chi connectivity index (χ4v) is 4.44. The van der Waals surface area contributed by atoms with Crippen LogP contribution in [-0.2, 0) is 6.42 Å². The van der Waals surface area contributed by atoms with Gasteiger partial charge in [-0.1, -0.05) is 41.4 Å². The minimum absolute atomic E-state index is 0.694. The van der Waals surface area contributed by atoms with E-state index in [-0.39, 0.29) is 0 Å². The van der Waals surface area contributed by atoms with E-state index >= 15 is 0 Å². The van der Waals surface area contributed by atoms with Crippen molar-refractivity contribution in [1.82, 2.24) is 5.32 Å². The van der Waals surface area contributed by atoms with Crippen molar-refractivity contribution in [3.8, 4) is 0 Å². The highest BCUT2D eigenvalue weighted by atomic mass is 79.9. The molecule has 2 aliphatic carbocycles. The van der Waals surface area contributed by atoms with Gasteiger partial charge in [0.25, 0.3) is 0 Å². The Morgan fingerprint density at radius 2 is 2.11 bits per heavy atom. The zero-order valence-corrected chi connectivity index (χ0v) is 12.6. The van der Waals surface area contributed by atoms with E-state index in [0.29, 0.717) is 6.04 Å². The smallest absolute Gasteiger partial charge is 0.0178 e. The molecule has 0 spiro atoms. The van der Waals surface area contributed by atoms with Crippen molar-refractivity contribution in [3.63, 3.8) is 0 Å². The van der Waals surface area contributed by atoms with E-state index < -0.39 is 0 Å². The van der Waals surface area contributed by atoms with Crippen LogP contribution < -0.4 is 5.32 Å². The van der Waals surface area contributed by atoms with Gasteiger partial charge in [-0.3, -0.25) is 0 Å². The average Bonchev–Trinajstić information content (AvgIpc) is 2.81. The largest absolute Gasteiger partial charge is 0.314 e. The summed E-state index contributed by atoms with van der Waals surface area (Å²) >= 11 is 3.57. The van der Waals surface area contributed by atoms with Crippen molar-refractivity contribution in [3.05, 3.63) is 34.3 Å². The molecule has 0 radical (unpaired) electrons. The van der Waals surface area contributed by atoms with Crippen LogP contribution >= 0.6 is 15.9 Å². The quantitative estimate of drug-likeness (QED) is 0.866. The second kappa shape index (κ2) is 5.34. The Bertz CT molecular complexity index is 407. The highest BCUT2D eigenvalue weighted by molar-refractivity contribution is 9.10. The Balaban J connectivity index is 1.67. The molecule has 2 aliphatic rings. The van der Waals surface area contributed by atoms with Gasteiger partial charge in [-0.15, -0.1) is 0 Å². The maximum Gasteiger partial charge on any atom is 0.0178 e. The van der Waals surface area contributed by atoms with Crippen LogP contribution in [0.2, 0.25) is 0 Å². The average molecular weight is 308 g/mol. The molecule has 98 valence electrons. The molecule has 0 heterocycles. The summed E-state index contributed by atoms with van der Waals surface area (Å²) in [6, 6.07) is 9.48. The van der Waals surface area contributed by atoms with Gasteiger partial charge in [-0.2, -0.15) is 0 Å². The maximum atomic E-state index is 3.73. The second-order valence-corrected chi connectivity index (χ2v) is 6.75. The van der Waals surface area contributed by atoms with E-state index in [1.165, 1.54) is 35.7 Å². The highest BCUT2D eigenvalue weighted by Crippen LogP contribution is 2.59. The number of halogens is 1. The molecular weight excluding hydrogens is 286 g/mol. The summed E-state index contributed by atoms with van der Waals surface area (Å²) in [7, 11) is 0. The normalized spacial score (nSPS) is 31.1. The molecule has 2 fully saturated rings. The fourth-order valence-electron chi connectivity index (χ4n) is 4.00. The monoisotopic (exact) mass is 307 g/mol. The third-order valence-electron chi connectivity index (χ3n) is 4.75. The Morgan fingerprint density at radius 1 is 1.33 bits per heavy atom. The first-order valence-electron chi connectivity index (χ1n) is 7.27. The van der Waals surface area contributed by atoms with Crippen LogP contribution in [0.15, 0.2) is 28.7 Å². The molecule has 0 aromatic heterocycles. The van der Waals surface area contributed by atoms with Gasteiger partial charge in [0.15, 0.2) is 0 Å². The lowest BCUT2D eigenvalue weighted by Gasteiger charge is -2.20. The van der Waals surface area contributed by atoms with E-state index in [4.69, 9.17) is 0 Å². The van der Waals surface area contributed by atoms with E-state index in [1.807, 2.05) is 0 Å². The predicted octanol–water partition coefficient (Wildman–Crippen LogP) is 4.02. The molecule has 3 unspecified atom stereocenters. The Hall–Kier alpha value is -0.340. The second-order valence-electron chi connectivity index (χ2n) is 5.83. The van der Waals surface area contributed by atoms with Crippen molar-refractivity contribution in [2.45, 2.75) is 38.6 Å². The lowest BCUT2D eigenvalue weighted by molar-refractivity contribution is 0.411. The molecule has 1 aromatic rings. The number of nitrogens with one attached hydrogen (secondary N) is 1. The molecule has 0 saturated heterocycles. The van der Waals surface area contributed by atoms with Crippen molar-refractivity contribution >= 4 is 15.9 Å². The Kier molecular flexibility index (Phi) is 3.76. The zero-order chi connectivity index (χ0) is 12.5. The molecule has 3 atom stereocenters. The van der Waals surface area contributed by atoms with Crippen molar-refractivity contribution in [2.75, 3.05) is 6.54 Å². The number of rotatable bonds is 5. The maximum absolute atomic E-state index is 3.73. The van der Waals surface area contributed by atoms with Crippen molar-refractivity contribution in [2.24, 2.45) is 17.8 Å². The van der Waals surface area contributed by atoms with Gasteiger partial charge in [0.2, 0.25) is 0 Å². The van der Waals surface area contributed by atoms with Gasteiger partial charge in [0.05, 0.1) is 0 Å². The Morgan fingerprint density at radius 3 is 2.78 bits per heavy atom. The van der Waals surface area contributed by atoms with Crippen molar-refractivity contribution < 1.29 is 0 Å². The topological polar surface area (TPSA) is 12.0 Å². The van der Waals surface area contributed by atoms with Gasteiger partial charge in [0.1, 0.15) is 0 Å². The highest BCUT2D eigenvalue weighted by Gasteiger charge is 2.55. The molecular formula is C16H22BrN. The number of fused-ring (bicyclic) bond motifs is 1. The first-order chi connectivity index (χ1) is 8.79. The molecule has 3 rings (SSSR count). The number of hydrogen-bond acceptors (Lipinski definition) is 1. The molecule has 0 amide bonds. The van der Waals surface area contributed by atoms with Gasteiger partial charge in [0, 0.05) is 10.5 Å². The number of likely N-dealkylation sites (N-methyl/N-ethyl adjacent to an activating group) is 1. The lowest BCUT2D eigenvalue weighted by Crippen LogP contribution is -2.34. The van der Waals surface area contributed by atoms with Crippen LogP contribution in [0, 0.1) is 17.8 Å². The van der Waals surface area contributed by atoms with Gasteiger partial charge < -0.3 is 5.32 Å². The van der Waals surface area contributed by atoms with Gasteiger partial charge in [-0.05, 0) is 61.3 Å². The van der Waals surface area contributed by atoms with Crippen LogP contribution in [0.3, 0.4) is 0 Å². The summed E-state index contributed by atoms with van der Waals surface area (Å²) in [5.41, 5.74) is 1.46. The minimum atomic E-state index is 0.694. The summed E-state index contributed by atoms with van der Waals surface area (Å²) in [6.45, 7) is 3.32. The van der Waals surface area contributed by atoms with Crippen LogP contribution in [0.4, 0.5) is 0 Å². The van der Waals surface area contributed by atoms with E-state index in [9.17, 15) is 0 Å². The first-order valence-corrected chi connectivity index (χ1v) is 8.06. The van der Waals surface area contributed by atoms with Crippen LogP contribution in [0.25, 0.3) is 0 Å². The third-order valence-corrected chi connectivity index (χ3v) is 5.24. The summed E-state index contributed by atoms with van der Waals surface area (Å²) < 4.78 is 1.20. The summed E-state index contributed by atoms with van der Waals surface area (Å²) in [5, 5.41) is 3.73. The van der Waals surface area contributed by atoms with Gasteiger partial charge in [-0.25, -0.2) is 0 Å². The molecule has 18 heavy (non-hydrogen) atoms.